The molecule has 0 aliphatic carbocycles. The Kier molecular flexibility index (Phi) is 6.12. The number of amides is 1. The first-order valence-corrected chi connectivity index (χ1v) is 7.07. The molecule has 0 unspecified atom stereocenters. The van der Waals surface area contributed by atoms with Gasteiger partial charge in [0.1, 0.15) is 0 Å². The lowest BCUT2D eigenvalue weighted by molar-refractivity contribution is -0.118. The van der Waals surface area contributed by atoms with Crippen LogP contribution in [0.1, 0.15) is 25.0 Å². The quantitative estimate of drug-likeness (QED) is 0.842. The molecule has 0 saturated heterocycles. The van der Waals surface area contributed by atoms with Crippen molar-refractivity contribution in [2.75, 3.05) is 12.3 Å². The Bertz CT molecular complexity index is 363. The van der Waals surface area contributed by atoms with E-state index in [1.165, 1.54) is 11.1 Å². The van der Waals surface area contributed by atoms with Crippen molar-refractivity contribution in [2.45, 2.75) is 32.4 Å². The van der Waals surface area contributed by atoms with Crippen LogP contribution in [0.4, 0.5) is 0 Å². The fraction of sp³-hybridized carbons (Fsp3) is 0.500. The molecule has 0 spiro atoms. The standard InChI is InChI=1S/C14H21NOS/c1-11(2)17-10-14(16)15-9-8-13-7-5-4-6-12(13)3/h4-7,11H,8-10H2,1-3H3,(H,15,16). The number of carbonyl (C=O) groups excluding carboxylic acids is 1. The number of aryl methyl sites for hydroxylation is 1. The van der Waals surface area contributed by atoms with Gasteiger partial charge in [-0.05, 0) is 29.7 Å². The van der Waals surface area contributed by atoms with Crippen molar-refractivity contribution in [1.82, 2.24) is 5.32 Å². The third-order valence-electron chi connectivity index (χ3n) is 2.53. The third-order valence-corrected chi connectivity index (χ3v) is 3.62. The summed E-state index contributed by atoms with van der Waals surface area (Å²) in [6, 6.07) is 8.30. The Hall–Kier alpha value is -0.960. The van der Waals surface area contributed by atoms with E-state index in [0.717, 1.165) is 13.0 Å². The largest absolute Gasteiger partial charge is 0.355 e. The molecule has 0 radical (unpaired) electrons. The second kappa shape index (κ2) is 7.38. The molecule has 0 aliphatic heterocycles. The predicted octanol–water partition coefficient (Wildman–Crippen LogP) is 2.80. The third kappa shape index (κ3) is 5.78. The number of rotatable bonds is 6. The number of thioether (sulfide) groups is 1. The number of nitrogens with one attached hydrogen (secondary N) is 1. The van der Waals surface area contributed by atoms with E-state index in [1.807, 2.05) is 12.1 Å². The van der Waals surface area contributed by atoms with E-state index in [4.69, 9.17) is 0 Å². The van der Waals surface area contributed by atoms with Crippen molar-refractivity contribution in [3.8, 4) is 0 Å². The van der Waals surface area contributed by atoms with Gasteiger partial charge in [0.05, 0.1) is 5.75 Å². The van der Waals surface area contributed by atoms with Gasteiger partial charge >= 0.3 is 0 Å². The molecule has 0 heterocycles. The Labute approximate surface area is 108 Å². The highest BCUT2D eigenvalue weighted by Gasteiger charge is 2.03. The summed E-state index contributed by atoms with van der Waals surface area (Å²) in [4.78, 5) is 11.5. The van der Waals surface area contributed by atoms with E-state index in [9.17, 15) is 4.79 Å². The number of carbonyl (C=O) groups is 1. The van der Waals surface area contributed by atoms with Crippen LogP contribution in [0.3, 0.4) is 0 Å². The predicted molar refractivity (Wildman–Crippen MR) is 75.5 cm³/mol. The summed E-state index contributed by atoms with van der Waals surface area (Å²) < 4.78 is 0. The highest BCUT2D eigenvalue weighted by Crippen LogP contribution is 2.08. The zero-order chi connectivity index (χ0) is 12.7. The highest BCUT2D eigenvalue weighted by atomic mass is 32.2. The smallest absolute Gasteiger partial charge is 0.230 e. The van der Waals surface area contributed by atoms with Gasteiger partial charge in [-0.25, -0.2) is 0 Å². The molecule has 0 atom stereocenters. The SMILES string of the molecule is Cc1ccccc1CCNC(=O)CSC(C)C. The molecule has 1 rings (SSSR count). The minimum atomic E-state index is 0.136. The van der Waals surface area contributed by atoms with Crippen molar-refractivity contribution in [3.63, 3.8) is 0 Å². The summed E-state index contributed by atoms with van der Waals surface area (Å²) >= 11 is 1.68. The van der Waals surface area contributed by atoms with Gasteiger partial charge in [-0.1, -0.05) is 38.1 Å². The average molecular weight is 251 g/mol. The van der Waals surface area contributed by atoms with Crippen LogP contribution >= 0.6 is 11.8 Å². The zero-order valence-corrected chi connectivity index (χ0v) is 11.6. The van der Waals surface area contributed by atoms with E-state index in [-0.39, 0.29) is 5.91 Å². The van der Waals surface area contributed by atoms with E-state index in [1.54, 1.807) is 11.8 Å². The van der Waals surface area contributed by atoms with Crippen LogP contribution < -0.4 is 5.32 Å². The maximum atomic E-state index is 11.5. The first kappa shape index (κ1) is 14.1. The Morgan fingerprint density at radius 2 is 2.06 bits per heavy atom. The number of benzene rings is 1. The van der Waals surface area contributed by atoms with Gasteiger partial charge in [0.15, 0.2) is 0 Å². The molecule has 0 bridgehead atoms. The molecule has 17 heavy (non-hydrogen) atoms. The number of hydrogen-bond acceptors (Lipinski definition) is 2. The van der Waals surface area contributed by atoms with Gasteiger partial charge in [-0.15, -0.1) is 11.8 Å². The minimum absolute atomic E-state index is 0.136. The molecule has 94 valence electrons. The highest BCUT2D eigenvalue weighted by molar-refractivity contribution is 8.00. The van der Waals surface area contributed by atoms with Crippen LogP contribution in [0.25, 0.3) is 0 Å². The fourth-order valence-corrected chi connectivity index (χ4v) is 2.11. The van der Waals surface area contributed by atoms with Crippen LogP contribution in [-0.2, 0) is 11.2 Å². The maximum Gasteiger partial charge on any atom is 0.230 e. The molecule has 0 aliphatic rings. The van der Waals surface area contributed by atoms with E-state index < -0.39 is 0 Å². The summed E-state index contributed by atoms with van der Waals surface area (Å²) in [5.74, 6) is 0.697. The normalized spacial score (nSPS) is 10.6. The molecule has 1 aromatic carbocycles. The van der Waals surface area contributed by atoms with Gasteiger partial charge in [-0.3, -0.25) is 4.79 Å². The van der Waals surface area contributed by atoms with Crippen LogP contribution in [0.2, 0.25) is 0 Å². The second-order valence-electron chi connectivity index (χ2n) is 4.39. The molecule has 2 nitrogen and oxygen atoms in total. The average Bonchev–Trinajstić information content (AvgIpc) is 2.29. The molecule has 1 N–H and O–H groups in total. The molecule has 3 heteroatoms. The van der Waals surface area contributed by atoms with Gasteiger partial charge in [0.2, 0.25) is 5.91 Å². The first-order valence-electron chi connectivity index (χ1n) is 6.02. The van der Waals surface area contributed by atoms with Crippen molar-refractivity contribution in [3.05, 3.63) is 35.4 Å². The van der Waals surface area contributed by atoms with E-state index in [2.05, 4.69) is 38.2 Å². The Balaban J connectivity index is 2.24. The van der Waals surface area contributed by atoms with Crippen molar-refractivity contribution >= 4 is 17.7 Å². The Morgan fingerprint density at radius 1 is 1.35 bits per heavy atom. The molecule has 1 aromatic rings. The maximum absolute atomic E-state index is 11.5. The lowest BCUT2D eigenvalue weighted by Crippen LogP contribution is -2.27. The molecular weight excluding hydrogens is 230 g/mol. The topological polar surface area (TPSA) is 29.1 Å². The van der Waals surface area contributed by atoms with Crippen LogP contribution in [0.5, 0.6) is 0 Å². The van der Waals surface area contributed by atoms with Crippen molar-refractivity contribution in [1.29, 1.82) is 0 Å². The fourth-order valence-electron chi connectivity index (χ4n) is 1.52. The van der Waals surface area contributed by atoms with E-state index in [0.29, 0.717) is 11.0 Å². The summed E-state index contributed by atoms with van der Waals surface area (Å²) in [7, 11) is 0. The second-order valence-corrected chi connectivity index (χ2v) is 5.95. The lowest BCUT2D eigenvalue weighted by Gasteiger charge is -2.08. The molecular formula is C14H21NOS. The minimum Gasteiger partial charge on any atom is -0.355 e. The van der Waals surface area contributed by atoms with Crippen molar-refractivity contribution < 1.29 is 4.79 Å². The van der Waals surface area contributed by atoms with Crippen LogP contribution in [-0.4, -0.2) is 23.5 Å². The summed E-state index contributed by atoms with van der Waals surface area (Å²) in [5.41, 5.74) is 2.60. The molecule has 1 amide bonds. The first-order chi connectivity index (χ1) is 8.09. The Morgan fingerprint density at radius 3 is 2.71 bits per heavy atom. The lowest BCUT2D eigenvalue weighted by atomic mass is 10.1. The zero-order valence-electron chi connectivity index (χ0n) is 10.8. The van der Waals surface area contributed by atoms with Gasteiger partial charge in [-0.2, -0.15) is 0 Å². The van der Waals surface area contributed by atoms with Gasteiger partial charge < -0.3 is 5.32 Å². The van der Waals surface area contributed by atoms with Crippen LogP contribution in [0, 0.1) is 6.92 Å². The molecule has 0 fully saturated rings. The molecule has 0 aromatic heterocycles. The summed E-state index contributed by atoms with van der Waals surface area (Å²) in [6.07, 6.45) is 0.907. The van der Waals surface area contributed by atoms with Gasteiger partial charge in [0, 0.05) is 6.54 Å². The summed E-state index contributed by atoms with van der Waals surface area (Å²) in [5, 5.41) is 3.47. The monoisotopic (exact) mass is 251 g/mol. The van der Waals surface area contributed by atoms with Crippen molar-refractivity contribution in [2.24, 2.45) is 0 Å². The molecule has 0 saturated carbocycles. The van der Waals surface area contributed by atoms with Crippen LogP contribution in [0.15, 0.2) is 24.3 Å². The van der Waals surface area contributed by atoms with E-state index >= 15 is 0 Å². The summed E-state index contributed by atoms with van der Waals surface area (Å²) in [6.45, 7) is 7.03. The van der Waals surface area contributed by atoms with Gasteiger partial charge in [0.25, 0.3) is 0 Å². The number of hydrogen-bond donors (Lipinski definition) is 1.